The fourth-order valence-electron chi connectivity index (χ4n) is 7.07. The number of aromatic carboxylic acids is 1. The van der Waals surface area contributed by atoms with Gasteiger partial charge in [-0.1, -0.05) is 26.5 Å². The number of aliphatic carboxylic acids is 2. The van der Waals surface area contributed by atoms with Gasteiger partial charge < -0.3 is 40.9 Å². The van der Waals surface area contributed by atoms with Crippen molar-refractivity contribution in [2.75, 3.05) is 0 Å². The van der Waals surface area contributed by atoms with Crippen LogP contribution in [0.15, 0.2) is 18.0 Å². The number of carboxylic acid groups (broad SMARTS) is 3. The number of amides is 1. The van der Waals surface area contributed by atoms with E-state index < -0.39 is 35.8 Å². The molecule has 5 rings (SSSR count). The third-order valence-corrected chi connectivity index (χ3v) is 9.88. The summed E-state index contributed by atoms with van der Waals surface area (Å²) >= 11 is 0. The quantitative estimate of drug-likeness (QED) is 0.159. The number of allylic oxidation sites excluding steroid dienone is 2. The molecule has 1 amide bonds. The van der Waals surface area contributed by atoms with Crippen molar-refractivity contribution >= 4 is 53.7 Å². The Kier molecular flexibility index (Phi) is 9.62. The largest absolute Gasteiger partial charge is 0.481 e. The minimum atomic E-state index is -1.22. The van der Waals surface area contributed by atoms with Crippen LogP contribution in [0.3, 0.4) is 0 Å². The average molecular weight is 670 g/mol. The molecule has 8 N–H and O–H groups in total. The molecule has 0 spiro atoms. The van der Waals surface area contributed by atoms with Crippen LogP contribution >= 0.6 is 0 Å². The van der Waals surface area contributed by atoms with Gasteiger partial charge in [-0.25, -0.2) is 4.79 Å². The van der Waals surface area contributed by atoms with Crippen molar-refractivity contribution in [1.82, 2.24) is 25.6 Å². The highest BCUT2D eigenvalue weighted by Crippen LogP contribution is 2.43. The van der Waals surface area contributed by atoms with Crippen LogP contribution < -0.4 is 21.3 Å². The standard InChI is InChI=1S/C37H43N5O7/c1-8-21-16(3)25-13-27-18(5)23(10-11-32(44)45)34(41-27)24(12-31(43)38-20(7)36(46)47)35-33(37(48)49)19(6)28(42-35)15-30-22(9-2)17(4)26(40-30)14-29(21)39-25/h8,13-15,18,20,23,39-42H,1,9-12H2,2-7H3,(H,38,43)(H,44,45)(H,46,47)(H,48,49). The highest BCUT2D eigenvalue weighted by molar-refractivity contribution is 6.00. The number of nitrogens with one attached hydrogen (secondary N) is 5. The summed E-state index contributed by atoms with van der Waals surface area (Å²) in [5, 5.41) is 37.3. The topological polar surface area (TPSA) is 200 Å². The van der Waals surface area contributed by atoms with Crippen molar-refractivity contribution in [3.63, 3.8) is 0 Å². The molecule has 0 aromatic carbocycles. The summed E-state index contributed by atoms with van der Waals surface area (Å²) in [6.07, 6.45) is 8.07. The minimum absolute atomic E-state index is 0.0332. The summed E-state index contributed by atoms with van der Waals surface area (Å²) in [6, 6.07) is -1.19. The van der Waals surface area contributed by atoms with Gasteiger partial charge in [0.1, 0.15) is 6.04 Å². The van der Waals surface area contributed by atoms with Crippen LogP contribution in [0.4, 0.5) is 0 Å². The molecule has 3 atom stereocenters. The van der Waals surface area contributed by atoms with E-state index in [0.717, 1.165) is 50.0 Å². The molecule has 3 aromatic rings. The first-order chi connectivity index (χ1) is 23.2. The van der Waals surface area contributed by atoms with Crippen molar-refractivity contribution in [2.24, 2.45) is 11.8 Å². The maximum Gasteiger partial charge on any atom is 0.338 e. The third kappa shape index (κ3) is 6.50. The van der Waals surface area contributed by atoms with Gasteiger partial charge in [-0.3, -0.25) is 14.4 Å². The molecule has 1 saturated heterocycles. The lowest BCUT2D eigenvalue weighted by Gasteiger charge is -2.19. The number of fused-ring (bicyclic) bond motifs is 8. The second-order valence-corrected chi connectivity index (χ2v) is 12.9. The van der Waals surface area contributed by atoms with E-state index in [1.54, 1.807) is 13.0 Å². The van der Waals surface area contributed by atoms with Crippen molar-refractivity contribution in [3.8, 4) is 0 Å². The molecule has 2 aliphatic heterocycles. The maximum atomic E-state index is 13.5. The monoisotopic (exact) mass is 669 g/mol. The summed E-state index contributed by atoms with van der Waals surface area (Å²) < 4.78 is 0. The van der Waals surface area contributed by atoms with E-state index in [9.17, 15) is 34.5 Å². The van der Waals surface area contributed by atoms with E-state index in [2.05, 4.69) is 32.2 Å². The smallest absolute Gasteiger partial charge is 0.338 e. The second-order valence-electron chi connectivity index (χ2n) is 12.9. The second kappa shape index (κ2) is 13.5. The number of carboxylic acids is 3. The van der Waals surface area contributed by atoms with E-state index in [4.69, 9.17) is 0 Å². The third-order valence-electron chi connectivity index (χ3n) is 9.88. The van der Waals surface area contributed by atoms with Gasteiger partial charge in [0, 0.05) is 68.6 Å². The Morgan fingerprint density at radius 3 is 2.22 bits per heavy atom. The van der Waals surface area contributed by atoms with Crippen LogP contribution in [-0.4, -0.2) is 60.1 Å². The molecule has 12 nitrogen and oxygen atoms in total. The molecule has 8 bridgehead atoms. The van der Waals surface area contributed by atoms with Crippen molar-refractivity contribution in [3.05, 3.63) is 84.8 Å². The average Bonchev–Trinajstić information content (AvgIpc) is 3.71. The molecular formula is C37H43N5O7. The van der Waals surface area contributed by atoms with Crippen LogP contribution in [0, 0.1) is 32.6 Å². The number of rotatable bonds is 10. The summed E-state index contributed by atoms with van der Waals surface area (Å²) in [5.74, 6) is -4.72. The number of hydrogen-bond donors (Lipinski definition) is 8. The maximum absolute atomic E-state index is 13.5. The molecule has 0 saturated carbocycles. The molecule has 3 aromatic heterocycles. The van der Waals surface area contributed by atoms with E-state index in [-0.39, 0.29) is 36.4 Å². The van der Waals surface area contributed by atoms with E-state index in [0.29, 0.717) is 28.9 Å². The fraction of sp³-hybridized carbons (Fsp3) is 0.351. The number of aromatic nitrogens is 3. The molecule has 258 valence electrons. The lowest BCUT2D eigenvalue weighted by atomic mass is 9.85. The van der Waals surface area contributed by atoms with E-state index in [1.807, 2.05) is 45.9 Å². The molecule has 0 radical (unpaired) electrons. The lowest BCUT2D eigenvalue weighted by molar-refractivity contribution is -0.141. The first-order valence-electron chi connectivity index (χ1n) is 16.3. The normalized spacial score (nSPS) is 17.4. The summed E-state index contributed by atoms with van der Waals surface area (Å²) in [7, 11) is 0. The number of H-pyrrole nitrogens is 3. The van der Waals surface area contributed by atoms with Gasteiger partial charge in [-0.05, 0) is 81.0 Å². The molecule has 1 fully saturated rings. The summed E-state index contributed by atoms with van der Waals surface area (Å²) in [6.45, 7) is 15.1. The van der Waals surface area contributed by atoms with E-state index >= 15 is 0 Å². The number of aromatic amines is 3. The highest BCUT2D eigenvalue weighted by Gasteiger charge is 2.37. The van der Waals surface area contributed by atoms with Gasteiger partial charge in [0.25, 0.3) is 0 Å². The molecule has 0 aliphatic carbocycles. The van der Waals surface area contributed by atoms with Crippen LogP contribution in [0.2, 0.25) is 0 Å². The zero-order valence-corrected chi connectivity index (χ0v) is 28.6. The van der Waals surface area contributed by atoms with Gasteiger partial charge in [0.15, 0.2) is 0 Å². The van der Waals surface area contributed by atoms with Crippen LogP contribution in [0.1, 0.15) is 101 Å². The van der Waals surface area contributed by atoms with Gasteiger partial charge >= 0.3 is 17.9 Å². The number of carbonyl (C=O) groups excluding carboxylic acids is 1. The molecular weight excluding hydrogens is 626 g/mol. The number of carbonyl (C=O) groups is 4. The Bertz CT molecular complexity index is 2090. The van der Waals surface area contributed by atoms with Crippen LogP contribution in [0.25, 0.3) is 29.9 Å². The van der Waals surface area contributed by atoms with Crippen LogP contribution in [-0.2, 0) is 20.8 Å². The minimum Gasteiger partial charge on any atom is -0.481 e. The predicted molar refractivity (Wildman–Crippen MR) is 187 cm³/mol. The molecule has 5 heterocycles. The molecule has 3 unspecified atom stereocenters. The SMILES string of the molecule is C=Cc1c2[nH]c(c1C)C=C1NC(=C(CC(=O)NC(C)C(=O)O)c3[nH]c(c(C)c3C(=O)O)C=c3[nH]c(c(C)c3CC)=C2)C(CCC(=O)O)C1C. The Labute approximate surface area is 283 Å². The van der Waals surface area contributed by atoms with Gasteiger partial charge in [0.2, 0.25) is 5.91 Å². The first kappa shape index (κ1) is 34.8. The Hall–Kier alpha value is -5.52. The van der Waals surface area contributed by atoms with Crippen LogP contribution in [0.5, 0.6) is 0 Å². The predicted octanol–water partition coefficient (Wildman–Crippen LogP) is 3.92. The van der Waals surface area contributed by atoms with Crippen molar-refractivity contribution < 1.29 is 34.5 Å². The fourth-order valence-corrected chi connectivity index (χ4v) is 7.07. The van der Waals surface area contributed by atoms with Crippen molar-refractivity contribution in [1.29, 1.82) is 0 Å². The summed E-state index contributed by atoms with van der Waals surface area (Å²) in [5.41, 5.74) is 8.35. The Morgan fingerprint density at radius 2 is 1.61 bits per heavy atom. The first-order valence-corrected chi connectivity index (χ1v) is 16.3. The molecule has 12 heteroatoms. The van der Waals surface area contributed by atoms with E-state index in [1.165, 1.54) is 6.92 Å². The Balaban J connectivity index is 1.90. The highest BCUT2D eigenvalue weighted by atomic mass is 16.4. The zero-order chi connectivity index (χ0) is 35.9. The van der Waals surface area contributed by atoms with Crippen molar-refractivity contribution in [2.45, 2.75) is 73.3 Å². The van der Waals surface area contributed by atoms with Gasteiger partial charge in [0.05, 0.1) is 17.7 Å². The molecule has 2 aliphatic rings. The van der Waals surface area contributed by atoms with Gasteiger partial charge in [-0.2, -0.15) is 0 Å². The number of hydrogen-bond acceptors (Lipinski definition) is 5. The lowest BCUT2D eigenvalue weighted by Crippen LogP contribution is -2.38. The zero-order valence-electron chi connectivity index (χ0n) is 28.6. The summed E-state index contributed by atoms with van der Waals surface area (Å²) in [4.78, 5) is 60.2. The van der Waals surface area contributed by atoms with Gasteiger partial charge in [-0.15, -0.1) is 0 Å². The Morgan fingerprint density at radius 1 is 0.939 bits per heavy atom. The molecule has 49 heavy (non-hydrogen) atoms.